The number of nitrogens with one attached hydrogen (secondary N) is 1. The average Bonchev–Trinajstić information content (AvgIpc) is 2.82. The lowest BCUT2D eigenvalue weighted by atomic mass is 9.74. The van der Waals surface area contributed by atoms with Crippen molar-refractivity contribution in [3.05, 3.63) is 54.1 Å². The summed E-state index contributed by atoms with van der Waals surface area (Å²) < 4.78 is 5.76. The summed E-state index contributed by atoms with van der Waals surface area (Å²) in [7, 11) is 0. The molecule has 22 heavy (non-hydrogen) atoms. The summed E-state index contributed by atoms with van der Waals surface area (Å²) in [4.78, 5) is 23.9. The number of amides is 2. The number of carbonyl (C=O) groups excluding carboxylic acids is 2. The summed E-state index contributed by atoms with van der Waals surface area (Å²) >= 11 is 0. The van der Waals surface area contributed by atoms with Crippen LogP contribution in [-0.2, 0) is 15.0 Å². The van der Waals surface area contributed by atoms with Crippen molar-refractivity contribution in [1.82, 2.24) is 5.32 Å². The first-order chi connectivity index (χ1) is 10.7. The average molecular weight is 293 g/mol. The maximum Gasteiger partial charge on any atom is 0.238 e. The molecule has 4 nitrogen and oxygen atoms in total. The molecule has 2 aromatic rings. The van der Waals surface area contributed by atoms with Crippen LogP contribution in [0.5, 0.6) is 5.75 Å². The molecular weight excluding hydrogens is 278 g/mol. The smallest absolute Gasteiger partial charge is 0.238 e. The van der Waals surface area contributed by atoms with Crippen LogP contribution < -0.4 is 10.1 Å². The number of hydrogen-bond acceptors (Lipinski definition) is 3. The van der Waals surface area contributed by atoms with E-state index in [9.17, 15) is 9.59 Å². The summed E-state index contributed by atoms with van der Waals surface area (Å²) in [5.41, 5.74) is 2.21. The minimum absolute atomic E-state index is 0.200. The van der Waals surface area contributed by atoms with Gasteiger partial charge in [-0.1, -0.05) is 42.5 Å². The molecule has 2 aliphatic rings. The van der Waals surface area contributed by atoms with Gasteiger partial charge in [0.25, 0.3) is 0 Å². The van der Waals surface area contributed by atoms with Crippen molar-refractivity contribution in [1.29, 1.82) is 0 Å². The molecule has 4 heteroatoms. The molecule has 2 aromatic carbocycles. The Balaban J connectivity index is 1.82. The normalized spacial score (nSPS) is 23.1. The molecule has 1 spiro atoms. The Morgan fingerprint density at radius 3 is 2.55 bits per heavy atom. The molecule has 0 aliphatic carbocycles. The van der Waals surface area contributed by atoms with Crippen LogP contribution in [0.2, 0.25) is 0 Å². The van der Waals surface area contributed by atoms with Crippen molar-refractivity contribution in [2.75, 3.05) is 6.61 Å². The van der Waals surface area contributed by atoms with E-state index < -0.39 is 5.41 Å². The number of hydrogen-bond donors (Lipinski definition) is 1. The second-order valence-corrected chi connectivity index (χ2v) is 5.81. The van der Waals surface area contributed by atoms with Gasteiger partial charge in [0.1, 0.15) is 5.75 Å². The molecule has 0 bridgehead atoms. The third-order valence-corrected chi connectivity index (χ3v) is 4.54. The predicted octanol–water partition coefficient (Wildman–Crippen LogP) is 2.42. The number of carbonyl (C=O) groups is 2. The number of rotatable bonds is 1. The van der Waals surface area contributed by atoms with Gasteiger partial charge in [0.05, 0.1) is 12.0 Å². The Morgan fingerprint density at radius 2 is 1.82 bits per heavy atom. The molecule has 0 saturated carbocycles. The minimum atomic E-state index is -0.750. The number of imide groups is 1. The molecule has 4 rings (SSSR count). The second kappa shape index (κ2) is 4.70. The van der Waals surface area contributed by atoms with Crippen molar-refractivity contribution in [3.8, 4) is 16.9 Å². The number of ether oxygens (including phenoxy) is 1. The SMILES string of the molecule is O=C1CC2(CCOc3cc(-c4ccccc4)ccc32)C(=O)N1. The molecule has 2 amide bonds. The summed E-state index contributed by atoms with van der Waals surface area (Å²) in [5.74, 6) is 0.303. The highest BCUT2D eigenvalue weighted by atomic mass is 16.5. The molecular formula is C18H15NO3. The van der Waals surface area contributed by atoms with E-state index >= 15 is 0 Å². The van der Waals surface area contributed by atoms with E-state index in [1.165, 1.54) is 0 Å². The molecule has 0 radical (unpaired) electrons. The molecule has 1 unspecified atom stereocenters. The third kappa shape index (κ3) is 1.84. The molecule has 1 fully saturated rings. The topological polar surface area (TPSA) is 55.4 Å². The molecule has 2 aliphatic heterocycles. The van der Waals surface area contributed by atoms with Crippen LogP contribution in [0.3, 0.4) is 0 Å². The monoisotopic (exact) mass is 293 g/mol. The van der Waals surface area contributed by atoms with Crippen LogP contribution in [0.25, 0.3) is 11.1 Å². The molecule has 0 aromatic heterocycles. The van der Waals surface area contributed by atoms with E-state index in [4.69, 9.17) is 4.74 Å². The third-order valence-electron chi connectivity index (χ3n) is 4.54. The Hall–Kier alpha value is -2.62. The van der Waals surface area contributed by atoms with E-state index in [1.807, 2.05) is 48.5 Å². The van der Waals surface area contributed by atoms with E-state index in [2.05, 4.69) is 5.32 Å². The highest BCUT2D eigenvalue weighted by molar-refractivity contribution is 6.09. The van der Waals surface area contributed by atoms with Gasteiger partial charge >= 0.3 is 0 Å². The quantitative estimate of drug-likeness (QED) is 0.822. The lowest BCUT2D eigenvalue weighted by Gasteiger charge is -2.32. The van der Waals surface area contributed by atoms with Crippen LogP contribution in [0.4, 0.5) is 0 Å². The maximum absolute atomic E-state index is 12.3. The van der Waals surface area contributed by atoms with Crippen molar-refractivity contribution >= 4 is 11.8 Å². The van der Waals surface area contributed by atoms with Crippen molar-refractivity contribution in [2.24, 2.45) is 0 Å². The van der Waals surface area contributed by atoms with Crippen LogP contribution in [0.1, 0.15) is 18.4 Å². The predicted molar refractivity (Wildman–Crippen MR) is 81.4 cm³/mol. The fourth-order valence-electron chi connectivity index (χ4n) is 3.38. The zero-order valence-corrected chi connectivity index (χ0v) is 12.0. The van der Waals surface area contributed by atoms with Crippen molar-refractivity contribution in [3.63, 3.8) is 0 Å². The van der Waals surface area contributed by atoms with Crippen LogP contribution >= 0.6 is 0 Å². The van der Waals surface area contributed by atoms with Gasteiger partial charge in [-0.25, -0.2) is 0 Å². The van der Waals surface area contributed by atoms with Crippen LogP contribution in [-0.4, -0.2) is 18.4 Å². The van der Waals surface area contributed by atoms with Crippen LogP contribution in [0.15, 0.2) is 48.5 Å². The first-order valence-electron chi connectivity index (χ1n) is 7.36. The summed E-state index contributed by atoms with van der Waals surface area (Å²) in [5, 5.41) is 2.43. The molecule has 2 heterocycles. The lowest BCUT2D eigenvalue weighted by molar-refractivity contribution is -0.127. The van der Waals surface area contributed by atoms with Crippen LogP contribution in [0, 0.1) is 0 Å². The Bertz CT molecular complexity index is 769. The molecule has 1 saturated heterocycles. The number of benzene rings is 2. The second-order valence-electron chi connectivity index (χ2n) is 5.81. The van der Waals surface area contributed by atoms with Gasteiger partial charge in [0.15, 0.2) is 0 Å². The lowest BCUT2D eigenvalue weighted by Crippen LogP contribution is -2.39. The first kappa shape index (κ1) is 13.1. The summed E-state index contributed by atoms with van der Waals surface area (Å²) in [6.45, 7) is 0.450. The van der Waals surface area contributed by atoms with E-state index in [-0.39, 0.29) is 18.2 Å². The largest absolute Gasteiger partial charge is 0.493 e. The van der Waals surface area contributed by atoms with E-state index in [0.717, 1.165) is 16.7 Å². The number of fused-ring (bicyclic) bond motifs is 2. The molecule has 110 valence electrons. The Kier molecular flexibility index (Phi) is 2.79. The fraction of sp³-hybridized carbons (Fsp3) is 0.222. The highest BCUT2D eigenvalue weighted by Gasteiger charge is 2.50. The van der Waals surface area contributed by atoms with E-state index in [1.54, 1.807) is 0 Å². The maximum atomic E-state index is 12.3. The Labute approximate surface area is 128 Å². The molecule has 1 N–H and O–H groups in total. The van der Waals surface area contributed by atoms with Gasteiger partial charge in [0.2, 0.25) is 11.8 Å². The van der Waals surface area contributed by atoms with Gasteiger partial charge in [-0.05, 0) is 17.2 Å². The van der Waals surface area contributed by atoms with E-state index in [0.29, 0.717) is 18.8 Å². The van der Waals surface area contributed by atoms with Gasteiger partial charge in [-0.15, -0.1) is 0 Å². The summed E-state index contributed by atoms with van der Waals surface area (Å²) in [6, 6.07) is 15.9. The minimum Gasteiger partial charge on any atom is -0.493 e. The van der Waals surface area contributed by atoms with Gasteiger partial charge in [0, 0.05) is 18.4 Å². The van der Waals surface area contributed by atoms with Crippen molar-refractivity contribution < 1.29 is 14.3 Å². The Morgan fingerprint density at radius 1 is 1.00 bits per heavy atom. The first-order valence-corrected chi connectivity index (χ1v) is 7.36. The van der Waals surface area contributed by atoms with Gasteiger partial charge in [-0.2, -0.15) is 0 Å². The zero-order valence-electron chi connectivity index (χ0n) is 12.0. The summed E-state index contributed by atoms with van der Waals surface area (Å²) in [6.07, 6.45) is 0.759. The van der Waals surface area contributed by atoms with Gasteiger partial charge < -0.3 is 4.74 Å². The standard InChI is InChI=1S/C18H15NO3/c20-16-11-18(17(21)19-16)8-9-22-15-10-13(6-7-14(15)18)12-4-2-1-3-5-12/h1-7,10H,8-9,11H2,(H,19,20,21). The zero-order chi connectivity index (χ0) is 15.2. The highest BCUT2D eigenvalue weighted by Crippen LogP contribution is 2.45. The van der Waals surface area contributed by atoms with Gasteiger partial charge in [-0.3, -0.25) is 14.9 Å². The van der Waals surface area contributed by atoms with Crippen molar-refractivity contribution in [2.45, 2.75) is 18.3 Å². The molecule has 1 atom stereocenters. The fourth-order valence-corrected chi connectivity index (χ4v) is 3.38.